The molecule has 4 nitrogen and oxygen atoms in total. The molecule has 2 atom stereocenters. The van der Waals surface area contributed by atoms with Gasteiger partial charge < -0.3 is 15.7 Å². The Balaban J connectivity index is 1.57. The third kappa shape index (κ3) is 3.04. The van der Waals surface area contributed by atoms with Crippen molar-refractivity contribution in [1.82, 2.24) is 10.6 Å². The maximum atomic E-state index is 13.2. The van der Waals surface area contributed by atoms with Gasteiger partial charge in [0, 0.05) is 6.54 Å². The second kappa shape index (κ2) is 7.22. The van der Waals surface area contributed by atoms with Crippen LogP contribution in [0.4, 0.5) is 0 Å². The largest absolute Gasteiger partial charge is 0.372 e. The molecule has 1 saturated carbocycles. The smallest absolute Gasteiger partial charge is 0.261 e. The van der Waals surface area contributed by atoms with Crippen molar-refractivity contribution in [2.24, 2.45) is 17.8 Å². The van der Waals surface area contributed by atoms with Crippen LogP contribution >= 0.6 is 0 Å². The first kappa shape index (κ1) is 17.3. The van der Waals surface area contributed by atoms with Gasteiger partial charge in [-0.3, -0.25) is 4.79 Å². The van der Waals surface area contributed by atoms with Crippen LogP contribution in [0.1, 0.15) is 24.0 Å². The van der Waals surface area contributed by atoms with Gasteiger partial charge in [0.1, 0.15) is 0 Å². The molecule has 2 fully saturated rings. The molecule has 2 bridgehead atoms. The molecule has 2 aliphatic rings. The van der Waals surface area contributed by atoms with Gasteiger partial charge in [-0.2, -0.15) is 0 Å². The Hall–Kier alpha value is -2.17. The summed E-state index contributed by atoms with van der Waals surface area (Å²) in [6, 6.07) is 18.4. The lowest BCUT2D eigenvalue weighted by molar-refractivity contribution is -0.137. The van der Waals surface area contributed by atoms with Crippen molar-refractivity contribution in [2.75, 3.05) is 19.6 Å². The van der Waals surface area contributed by atoms with E-state index in [0.29, 0.717) is 35.4 Å². The van der Waals surface area contributed by atoms with Gasteiger partial charge in [-0.05, 0) is 54.8 Å². The van der Waals surface area contributed by atoms with Crippen LogP contribution in [0.5, 0.6) is 0 Å². The summed E-state index contributed by atoms with van der Waals surface area (Å²) in [5.41, 5.74) is -0.483. The number of hydrogen-bond acceptors (Lipinski definition) is 3. The lowest BCUT2D eigenvalue weighted by atomic mass is 9.83. The van der Waals surface area contributed by atoms with Crippen LogP contribution in [0.25, 0.3) is 0 Å². The molecule has 1 heterocycles. The zero-order valence-corrected chi connectivity index (χ0v) is 14.9. The summed E-state index contributed by atoms with van der Waals surface area (Å²) >= 11 is 0. The van der Waals surface area contributed by atoms with Crippen molar-refractivity contribution in [3.8, 4) is 0 Å². The Morgan fingerprint density at radius 1 is 0.962 bits per heavy atom. The third-order valence-corrected chi connectivity index (χ3v) is 6.14. The lowest BCUT2D eigenvalue weighted by Crippen LogP contribution is -2.49. The highest BCUT2D eigenvalue weighted by Gasteiger charge is 2.42. The fraction of sp³-hybridized carbons (Fsp3) is 0.409. The molecular formula is C22H26N2O2. The molecule has 4 heteroatoms. The minimum atomic E-state index is -1.67. The molecule has 26 heavy (non-hydrogen) atoms. The number of nitrogens with one attached hydrogen (secondary N) is 2. The molecule has 1 aliphatic carbocycles. The summed E-state index contributed by atoms with van der Waals surface area (Å²) in [7, 11) is 0. The minimum Gasteiger partial charge on any atom is -0.372 e. The summed E-state index contributed by atoms with van der Waals surface area (Å²) < 4.78 is 0. The Labute approximate surface area is 154 Å². The summed E-state index contributed by atoms with van der Waals surface area (Å²) in [4.78, 5) is 13.2. The zero-order valence-electron chi connectivity index (χ0n) is 14.9. The van der Waals surface area contributed by atoms with Gasteiger partial charge in [0.2, 0.25) is 0 Å². The van der Waals surface area contributed by atoms with Crippen molar-refractivity contribution in [3.63, 3.8) is 0 Å². The summed E-state index contributed by atoms with van der Waals surface area (Å²) in [6.45, 7) is 2.72. The van der Waals surface area contributed by atoms with Crippen LogP contribution in [0.15, 0.2) is 60.7 Å². The number of hydrogen-bond donors (Lipinski definition) is 3. The highest BCUT2D eigenvalue weighted by Crippen LogP contribution is 2.39. The van der Waals surface area contributed by atoms with Gasteiger partial charge in [-0.1, -0.05) is 60.7 Å². The fourth-order valence-corrected chi connectivity index (χ4v) is 4.66. The maximum Gasteiger partial charge on any atom is 0.261 e. The number of rotatable bonds is 5. The number of carbonyl (C=O) groups excluding carboxylic acids is 1. The van der Waals surface area contributed by atoms with Crippen LogP contribution < -0.4 is 10.6 Å². The van der Waals surface area contributed by atoms with E-state index < -0.39 is 5.60 Å². The third-order valence-electron chi connectivity index (χ3n) is 6.14. The van der Waals surface area contributed by atoms with E-state index in [1.165, 1.54) is 12.8 Å². The first-order valence-corrected chi connectivity index (χ1v) is 9.52. The Kier molecular flexibility index (Phi) is 4.79. The average Bonchev–Trinajstić information content (AvgIpc) is 2.92. The second-order valence-corrected chi connectivity index (χ2v) is 7.57. The highest BCUT2D eigenvalue weighted by atomic mass is 16.3. The van der Waals surface area contributed by atoms with Gasteiger partial charge >= 0.3 is 0 Å². The first-order chi connectivity index (χ1) is 12.7. The highest BCUT2D eigenvalue weighted by molar-refractivity contribution is 5.90. The van der Waals surface area contributed by atoms with Crippen molar-refractivity contribution in [3.05, 3.63) is 71.8 Å². The first-order valence-electron chi connectivity index (χ1n) is 9.52. The molecular weight excluding hydrogens is 324 g/mol. The Morgan fingerprint density at radius 3 is 1.96 bits per heavy atom. The quantitative estimate of drug-likeness (QED) is 0.775. The van der Waals surface area contributed by atoms with Crippen molar-refractivity contribution in [2.45, 2.75) is 18.4 Å². The molecule has 4 rings (SSSR count). The number of piperidine rings is 1. The van der Waals surface area contributed by atoms with E-state index in [-0.39, 0.29) is 5.91 Å². The Morgan fingerprint density at radius 2 is 1.46 bits per heavy atom. The van der Waals surface area contributed by atoms with Gasteiger partial charge in [0.15, 0.2) is 5.60 Å². The molecule has 0 radical (unpaired) electrons. The van der Waals surface area contributed by atoms with Crippen molar-refractivity contribution in [1.29, 1.82) is 0 Å². The molecule has 136 valence electrons. The molecule has 0 aromatic heterocycles. The van der Waals surface area contributed by atoms with E-state index in [4.69, 9.17) is 0 Å². The van der Waals surface area contributed by atoms with E-state index in [2.05, 4.69) is 10.6 Å². The zero-order chi connectivity index (χ0) is 18.0. The predicted molar refractivity (Wildman–Crippen MR) is 101 cm³/mol. The molecule has 3 N–H and O–H groups in total. The molecule has 1 aliphatic heterocycles. The van der Waals surface area contributed by atoms with Crippen molar-refractivity contribution >= 4 is 5.91 Å². The number of carbonyl (C=O) groups is 1. The molecule has 2 aromatic rings. The van der Waals surface area contributed by atoms with E-state index >= 15 is 0 Å². The van der Waals surface area contributed by atoms with Crippen LogP contribution in [0.3, 0.4) is 0 Å². The monoisotopic (exact) mass is 350 g/mol. The maximum absolute atomic E-state index is 13.2. The van der Waals surface area contributed by atoms with Gasteiger partial charge in [-0.15, -0.1) is 0 Å². The van der Waals surface area contributed by atoms with Gasteiger partial charge in [0.25, 0.3) is 5.91 Å². The standard InChI is InChI=1S/C22H26N2O2/c25-21(24-15-20-16-11-12-17(20)14-23-13-16)22(26,18-7-3-1-4-8-18)19-9-5-2-6-10-19/h1-10,16-17,20,23,26H,11-15H2,(H,24,25). The van der Waals surface area contributed by atoms with Gasteiger partial charge in [0.05, 0.1) is 0 Å². The van der Waals surface area contributed by atoms with E-state index in [1.54, 1.807) is 24.3 Å². The SMILES string of the molecule is O=C(NCC1C2CCC1CNC2)C(O)(c1ccccc1)c1ccccc1. The average molecular weight is 350 g/mol. The normalized spacial score (nSPS) is 25.0. The summed E-state index contributed by atoms with van der Waals surface area (Å²) in [6.07, 6.45) is 2.47. The van der Waals surface area contributed by atoms with Crippen molar-refractivity contribution < 1.29 is 9.90 Å². The minimum absolute atomic E-state index is 0.340. The number of aliphatic hydroxyl groups is 1. The number of benzene rings is 2. The number of fused-ring (bicyclic) bond motifs is 2. The van der Waals surface area contributed by atoms with Crippen LogP contribution in [-0.4, -0.2) is 30.6 Å². The predicted octanol–water partition coefficient (Wildman–Crippen LogP) is 2.28. The fourth-order valence-electron chi connectivity index (χ4n) is 4.66. The van der Waals surface area contributed by atoms with E-state index in [1.807, 2.05) is 36.4 Å². The molecule has 2 unspecified atom stereocenters. The number of amides is 1. The summed E-state index contributed by atoms with van der Waals surface area (Å²) in [5, 5.41) is 18.0. The van der Waals surface area contributed by atoms with Crippen LogP contribution in [-0.2, 0) is 10.4 Å². The topological polar surface area (TPSA) is 61.4 Å². The summed E-state index contributed by atoms with van der Waals surface area (Å²) in [5.74, 6) is 1.44. The van der Waals surface area contributed by atoms with Crippen LogP contribution in [0.2, 0.25) is 0 Å². The van der Waals surface area contributed by atoms with Gasteiger partial charge in [-0.25, -0.2) is 0 Å². The molecule has 1 saturated heterocycles. The molecule has 0 spiro atoms. The molecule has 1 amide bonds. The Bertz CT molecular complexity index is 692. The second-order valence-electron chi connectivity index (χ2n) is 7.57. The molecule has 2 aromatic carbocycles. The lowest BCUT2D eigenvalue weighted by Gasteiger charge is -2.33. The van der Waals surface area contributed by atoms with E-state index in [0.717, 1.165) is 13.1 Å². The van der Waals surface area contributed by atoms with Crippen LogP contribution in [0, 0.1) is 17.8 Å². The van der Waals surface area contributed by atoms with E-state index in [9.17, 15) is 9.90 Å².